The number of piperidine rings is 1. The van der Waals surface area contributed by atoms with Crippen molar-refractivity contribution in [3.05, 3.63) is 16.6 Å². The van der Waals surface area contributed by atoms with Gasteiger partial charge in [-0.2, -0.15) is 0 Å². The van der Waals surface area contributed by atoms with Crippen molar-refractivity contribution in [3.8, 4) is 0 Å². The van der Waals surface area contributed by atoms with Gasteiger partial charge in [0.25, 0.3) is 0 Å². The van der Waals surface area contributed by atoms with Crippen LogP contribution < -0.4 is 5.32 Å². The third kappa shape index (κ3) is 3.87. The van der Waals surface area contributed by atoms with Gasteiger partial charge in [-0.05, 0) is 32.6 Å². The molecule has 4 nitrogen and oxygen atoms in total. The van der Waals surface area contributed by atoms with E-state index in [1.165, 1.54) is 19.3 Å². The zero-order chi connectivity index (χ0) is 15.4. The van der Waals surface area contributed by atoms with Crippen molar-refractivity contribution >= 4 is 17.2 Å². The summed E-state index contributed by atoms with van der Waals surface area (Å²) in [6, 6.07) is 0.819. The lowest BCUT2D eigenvalue weighted by atomic mass is 9.87. The van der Waals surface area contributed by atoms with Gasteiger partial charge in [-0.3, -0.25) is 4.79 Å². The molecule has 1 aromatic heterocycles. The predicted octanol–water partition coefficient (Wildman–Crippen LogP) is 3.37. The Morgan fingerprint density at radius 2 is 2.00 bits per heavy atom. The molecule has 5 heteroatoms. The van der Waals surface area contributed by atoms with E-state index < -0.39 is 0 Å². The van der Waals surface area contributed by atoms with Crippen LogP contribution in [-0.4, -0.2) is 34.9 Å². The number of likely N-dealkylation sites (tertiary alicyclic amines) is 1. The molecule has 1 saturated carbocycles. The molecular weight excluding hydrogens is 294 g/mol. The average molecular weight is 321 g/mol. The molecule has 0 bridgehead atoms. The molecule has 1 aliphatic heterocycles. The number of amides is 1. The Morgan fingerprint density at radius 3 is 2.64 bits per heavy atom. The molecule has 1 aromatic rings. The summed E-state index contributed by atoms with van der Waals surface area (Å²) in [5.74, 6) is 0.735. The lowest BCUT2D eigenvalue weighted by Gasteiger charge is -2.36. The fourth-order valence-corrected chi connectivity index (χ4v) is 4.40. The molecule has 0 aromatic carbocycles. The first-order chi connectivity index (χ1) is 10.7. The molecule has 1 aliphatic carbocycles. The van der Waals surface area contributed by atoms with Crippen molar-refractivity contribution in [2.45, 2.75) is 64.0 Å². The Morgan fingerprint density at radius 1 is 1.27 bits per heavy atom. The Hall–Kier alpha value is -0.940. The number of thiazole rings is 1. The molecule has 0 spiro atoms. The summed E-state index contributed by atoms with van der Waals surface area (Å²) < 4.78 is 0. The first kappa shape index (κ1) is 15.9. The smallest absolute Gasteiger partial charge is 0.225 e. The van der Waals surface area contributed by atoms with Crippen LogP contribution in [0.4, 0.5) is 0 Å². The molecule has 2 aliphatic rings. The first-order valence-corrected chi connectivity index (χ1v) is 9.56. The maximum Gasteiger partial charge on any atom is 0.225 e. The number of nitrogens with zero attached hydrogens (tertiary/aromatic N) is 2. The monoisotopic (exact) mass is 321 g/mol. The summed E-state index contributed by atoms with van der Waals surface area (Å²) in [5, 5.41) is 6.85. The molecule has 3 rings (SSSR count). The van der Waals surface area contributed by atoms with Gasteiger partial charge >= 0.3 is 0 Å². The van der Waals surface area contributed by atoms with E-state index in [1.54, 1.807) is 11.3 Å². The minimum absolute atomic E-state index is 0.311. The summed E-state index contributed by atoms with van der Waals surface area (Å²) >= 11 is 1.71. The minimum atomic E-state index is 0.311. The molecule has 1 unspecified atom stereocenters. The number of carbonyl (C=O) groups is 1. The normalized spacial score (nSPS) is 22.7. The fraction of sp³-hybridized carbons (Fsp3) is 0.765. The summed E-state index contributed by atoms with van der Waals surface area (Å²) in [6.07, 6.45) is 9.99. The number of carbonyl (C=O) groups excluding carboxylic acids is 1. The van der Waals surface area contributed by atoms with E-state index in [2.05, 4.69) is 22.1 Å². The summed E-state index contributed by atoms with van der Waals surface area (Å²) in [6.45, 7) is 4.01. The minimum Gasteiger partial charge on any atom is -0.342 e. The van der Waals surface area contributed by atoms with E-state index in [0.717, 1.165) is 43.8 Å². The van der Waals surface area contributed by atoms with Gasteiger partial charge in [-0.15, -0.1) is 11.3 Å². The number of rotatable bonds is 4. The highest BCUT2D eigenvalue weighted by Gasteiger charge is 2.29. The SMILES string of the molecule is CC(NC1CCN(C(=O)C2CCCCC2)CC1)c1nccs1. The summed E-state index contributed by atoms with van der Waals surface area (Å²) in [7, 11) is 0. The van der Waals surface area contributed by atoms with Crippen LogP contribution >= 0.6 is 11.3 Å². The maximum absolute atomic E-state index is 12.6. The predicted molar refractivity (Wildman–Crippen MR) is 89.8 cm³/mol. The van der Waals surface area contributed by atoms with Gasteiger partial charge in [0.1, 0.15) is 5.01 Å². The largest absolute Gasteiger partial charge is 0.342 e. The number of hydrogen-bond donors (Lipinski definition) is 1. The van der Waals surface area contributed by atoms with Gasteiger partial charge in [-0.1, -0.05) is 19.3 Å². The third-order valence-electron chi connectivity index (χ3n) is 5.07. The van der Waals surface area contributed by atoms with Gasteiger partial charge in [-0.25, -0.2) is 4.98 Å². The molecule has 122 valence electrons. The second kappa shape index (κ2) is 7.55. The lowest BCUT2D eigenvalue weighted by Crippen LogP contribution is -2.47. The highest BCUT2D eigenvalue weighted by Crippen LogP contribution is 2.27. The van der Waals surface area contributed by atoms with Crippen molar-refractivity contribution in [3.63, 3.8) is 0 Å². The number of hydrogen-bond acceptors (Lipinski definition) is 4. The van der Waals surface area contributed by atoms with Crippen LogP contribution in [0.25, 0.3) is 0 Å². The molecular formula is C17H27N3OS. The van der Waals surface area contributed by atoms with E-state index >= 15 is 0 Å². The van der Waals surface area contributed by atoms with Gasteiger partial charge in [0, 0.05) is 36.6 Å². The van der Waals surface area contributed by atoms with Crippen molar-refractivity contribution in [2.24, 2.45) is 5.92 Å². The van der Waals surface area contributed by atoms with Crippen molar-refractivity contribution < 1.29 is 4.79 Å². The summed E-state index contributed by atoms with van der Waals surface area (Å²) in [5.41, 5.74) is 0. The Kier molecular flexibility index (Phi) is 5.47. The topological polar surface area (TPSA) is 45.2 Å². The van der Waals surface area contributed by atoms with Crippen LogP contribution in [0.5, 0.6) is 0 Å². The van der Waals surface area contributed by atoms with Crippen molar-refractivity contribution in [1.82, 2.24) is 15.2 Å². The zero-order valence-corrected chi connectivity index (χ0v) is 14.3. The second-order valence-electron chi connectivity index (χ2n) is 6.69. The Bertz CT molecular complexity index is 462. The Labute approximate surface area is 137 Å². The van der Waals surface area contributed by atoms with Crippen LogP contribution in [0.1, 0.15) is 62.9 Å². The van der Waals surface area contributed by atoms with Gasteiger partial charge in [0.15, 0.2) is 0 Å². The van der Waals surface area contributed by atoms with Crippen LogP contribution in [-0.2, 0) is 4.79 Å². The molecule has 1 N–H and O–H groups in total. The van der Waals surface area contributed by atoms with Crippen LogP contribution in [0.3, 0.4) is 0 Å². The van der Waals surface area contributed by atoms with E-state index in [4.69, 9.17) is 0 Å². The maximum atomic E-state index is 12.6. The van der Waals surface area contributed by atoms with Gasteiger partial charge < -0.3 is 10.2 Å². The highest BCUT2D eigenvalue weighted by atomic mass is 32.1. The highest BCUT2D eigenvalue weighted by molar-refractivity contribution is 7.09. The van der Waals surface area contributed by atoms with Crippen LogP contribution in [0.2, 0.25) is 0 Å². The molecule has 1 saturated heterocycles. The van der Waals surface area contributed by atoms with Crippen molar-refractivity contribution in [1.29, 1.82) is 0 Å². The number of aromatic nitrogens is 1. The van der Waals surface area contributed by atoms with Gasteiger partial charge in [0.2, 0.25) is 5.91 Å². The fourth-order valence-electron chi connectivity index (χ4n) is 3.75. The van der Waals surface area contributed by atoms with E-state index in [-0.39, 0.29) is 0 Å². The standard InChI is InChI=1S/C17H27N3OS/c1-13(16-18-9-12-22-16)19-15-7-10-20(11-8-15)17(21)14-5-3-2-4-6-14/h9,12-15,19H,2-8,10-11H2,1H3. The second-order valence-corrected chi connectivity index (χ2v) is 7.62. The Balaban J connectivity index is 1.44. The average Bonchev–Trinajstić information content (AvgIpc) is 3.10. The van der Waals surface area contributed by atoms with Crippen molar-refractivity contribution in [2.75, 3.05) is 13.1 Å². The lowest BCUT2D eigenvalue weighted by molar-refractivity contribution is -0.137. The van der Waals surface area contributed by atoms with E-state index in [0.29, 0.717) is 23.9 Å². The molecule has 2 heterocycles. The van der Waals surface area contributed by atoms with Crippen LogP contribution in [0, 0.1) is 5.92 Å². The molecule has 2 fully saturated rings. The quantitative estimate of drug-likeness (QED) is 0.925. The molecule has 1 amide bonds. The van der Waals surface area contributed by atoms with Gasteiger partial charge in [0.05, 0.1) is 6.04 Å². The van der Waals surface area contributed by atoms with E-state index in [1.807, 2.05) is 11.6 Å². The molecule has 1 atom stereocenters. The van der Waals surface area contributed by atoms with Crippen LogP contribution in [0.15, 0.2) is 11.6 Å². The summed E-state index contributed by atoms with van der Waals surface area (Å²) in [4.78, 5) is 19.1. The molecule has 22 heavy (non-hydrogen) atoms. The first-order valence-electron chi connectivity index (χ1n) is 8.68. The third-order valence-corrected chi connectivity index (χ3v) is 6.03. The molecule has 0 radical (unpaired) electrons. The number of nitrogens with one attached hydrogen (secondary N) is 1. The zero-order valence-electron chi connectivity index (χ0n) is 13.5. The van der Waals surface area contributed by atoms with E-state index in [9.17, 15) is 4.79 Å².